The molecular formula is C20H24ClN3O2S. The van der Waals surface area contributed by atoms with Crippen LogP contribution in [0.25, 0.3) is 0 Å². The predicted octanol–water partition coefficient (Wildman–Crippen LogP) is 5.16. The van der Waals surface area contributed by atoms with Gasteiger partial charge in [0.2, 0.25) is 0 Å². The Labute approximate surface area is 168 Å². The highest BCUT2D eigenvalue weighted by atomic mass is 35.5. The molecule has 1 saturated heterocycles. The van der Waals surface area contributed by atoms with Gasteiger partial charge >= 0.3 is 6.03 Å². The van der Waals surface area contributed by atoms with Crippen LogP contribution in [-0.4, -0.2) is 29.9 Å². The molecule has 0 bridgehead atoms. The molecule has 3 rings (SSSR count). The lowest BCUT2D eigenvalue weighted by atomic mass is 10.0. The fraction of sp³-hybridized carbons (Fsp3) is 0.400. The van der Waals surface area contributed by atoms with Gasteiger partial charge in [-0.3, -0.25) is 4.79 Å². The van der Waals surface area contributed by atoms with Crippen LogP contribution in [0.15, 0.2) is 35.7 Å². The Hall–Kier alpha value is -2.05. The Kier molecular flexibility index (Phi) is 6.39. The van der Waals surface area contributed by atoms with Crippen LogP contribution in [0.2, 0.25) is 5.02 Å². The third-order valence-electron chi connectivity index (χ3n) is 4.66. The standard InChI is InChI=1S/C20H24ClN3O2S/c1-13(2)18(17-6-5-11-27-17)23-20(26)22-16-12-14(7-8-15(16)21)19(25)24-9-3-4-10-24/h5-8,11-13,18H,3-4,9-10H2,1-2H3,(H2,22,23,26). The molecule has 2 aromatic rings. The molecule has 1 atom stereocenters. The van der Waals surface area contributed by atoms with Crippen molar-refractivity contribution in [2.24, 2.45) is 5.92 Å². The van der Waals surface area contributed by atoms with E-state index in [4.69, 9.17) is 11.6 Å². The molecule has 27 heavy (non-hydrogen) atoms. The molecule has 2 heterocycles. The van der Waals surface area contributed by atoms with Crippen molar-refractivity contribution in [2.75, 3.05) is 18.4 Å². The number of benzene rings is 1. The summed E-state index contributed by atoms with van der Waals surface area (Å²) in [6.45, 7) is 5.68. The minimum absolute atomic E-state index is 0.0220. The van der Waals surface area contributed by atoms with Gasteiger partial charge < -0.3 is 15.5 Å². The summed E-state index contributed by atoms with van der Waals surface area (Å²) in [7, 11) is 0. The van der Waals surface area contributed by atoms with E-state index in [0.29, 0.717) is 16.3 Å². The van der Waals surface area contributed by atoms with E-state index in [0.717, 1.165) is 30.8 Å². The van der Waals surface area contributed by atoms with E-state index in [1.165, 1.54) is 0 Å². The van der Waals surface area contributed by atoms with Crippen molar-refractivity contribution in [1.29, 1.82) is 0 Å². The number of urea groups is 1. The molecule has 1 aromatic carbocycles. The number of nitrogens with one attached hydrogen (secondary N) is 2. The van der Waals surface area contributed by atoms with Gasteiger partial charge in [-0.15, -0.1) is 11.3 Å². The summed E-state index contributed by atoms with van der Waals surface area (Å²) in [5.74, 6) is 0.221. The molecule has 7 heteroatoms. The number of thiophene rings is 1. The Morgan fingerprint density at radius 2 is 1.93 bits per heavy atom. The van der Waals surface area contributed by atoms with Gasteiger partial charge in [0, 0.05) is 23.5 Å². The Bertz CT molecular complexity index is 802. The predicted molar refractivity (Wildman–Crippen MR) is 111 cm³/mol. The number of rotatable bonds is 5. The lowest BCUT2D eigenvalue weighted by molar-refractivity contribution is 0.0793. The van der Waals surface area contributed by atoms with Crippen LogP contribution in [0.3, 0.4) is 0 Å². The summed E-state index contributed by atoms with van der Waals surface area (Å²) >= 11 is 7.85. The summed E-state index contributed by atoms with van der Waals surface area (Å²) in [5, 5.41) is 8.20. The maximum absolute atomic E-state index is 12.6. The second-order valence-corrected chi connectivity index (χ2v) is 8.42. The molecule has 0 aliphatic carbocycles. The van der Waals surface area contributed by atoms with Gasteiger partial charge in [0.05, 0.1) is 16.8 Å². The molecule has 1 aliphatic rings. The fourth-order valence-electron chi connectivity index (χ4n) is 3.19. The number of amides is 3. The first-order valence-corrected chi connectivity index (χ1v) is 10.4. The zero-order valence-electron chi connectivity index (χ0n) is 15.5. The van der Waals surface area contributed by atoms with Gasteiger partial charge in [0.15, 0.2) is 0 Å². The summed E-state index contributed by atoms with van der Waals surface area (Å²) in [6, 6.07) is 8.57. The summed E-state index contributed by atoms with van der Waals surface area (Å²) in [5.41, 5.74) is 0.975. The van der Waals surface area contributed by atoms with Gasteiger partial charge in [-0.05, 0) is 48.4 Å². The molecule has 1 aliphatic heterocycles. The third-order valence-corrected chi connectivity index (χ3v) is 5.94. The van der Waals surface area contributed by atoms with E-state index in [9.17, 15) is 9.59 Å². The van der Waals surface area contributed by atoms with E-state index >= 15 is 0 Å². The quantitative estimate of drug-likeness (QED) is 0.721. The molecule has 1 aromatic heterocycles. The van der Waals surface area contributed by atoms with E-state index in [-0.39, 0.29) is 23.9 Å². The molecular weight excluding hydrogens is 382 g/mol. The molecule has 2 N–H and O–H groups in total. The number of carbonyl (C=O) groups excluding carboxylic acids is 2. The average Bonchev–Trinajstić information content (AvgIpc) is 3.34. The van der Waals surface area contributed by atoms with Crippen LogP contribution >= 0.6 is 22.9 Å². The highest BCUT2D eigenvalue weighted by molar-refractivity contribution is 7.10. The van der Waals surface area contributed by atoms with Crippen LogP contribution in [0.5, 0.6) is 0 Å². The summed E-state index contributed by atoms with van der Waals surface area (Å²) in [6.07, 6.45) is 2.07. The molecule has 1 unspecified atom stereocenters. The summed E-state index contributed by atoms with van der Waals surface area (Å²) < 4.78 is 0. The second kappa shape index (κ2) is 8.76. The first-order valence-electron chi connectivity index (χ1n) is 9.15. The molecule has 0 radical (unpaired) electrons. The zero-order valence-corrected chi connectivity index (χ0v) is 17.1. The Morgan fingerprint density at radius 1 is 1.19 bits per heavy atom. The van der Waals surface area contributed by atoms with Gasteiger partial charge in [0.25, 0.3) is 5.91 Å². The normalized spacial score (nSPS) is 15.0. The van der Waals surface area contributed by atoms with Crippen molar-refractivity contribution < 1.29 is 9.59 Å². The molecule has 1 fully saturated rings. The van der Waals surface area contributed by atoms with E-state index in [1.54, 1.807) is 29.5 Å². The molecule has 3 amide bonds. The average molecular weight is 406 g/mol. The van der Waals surface area contributed by atoms with Gasteiger partial charge in [-0.25, -0.2) is 4.79 Å². The van der Waals surface area contributed by atoms with Crippen molar-refractivity contribution in [3.63, 3.8) is 0 Å². The van der Waals surface area contributed by atoms with Gasteiger partial charge in [-0.2, -0.15) is 0 Å². The van der Waals surface area contributed by atoms with Gasteiger partial charge in [0.1, 0.15) is 0 Å². The van der Waals surface area contributed by atoms with E-state index < -0.39 is 0 Å². The molecule has 0 saturated carbocycles. The molecule has 5 nitrogen and oxygen atoms in total. The Morgan fingerprint density at radius 3 is 2.56 bits per heavy atom. The van der Waals surface area contributed by atoms with Crippen LogP contribution in [-0.2, 0) is 0 Å². The minimum Gasteiger partial charge on any atom is -0.339 e. The van der Waals surface area contributed by atoms with E-state index in [1.807, 2.05) is 22.4 Å². The van der Waals surface area contributed by atoms with Crippen LogP contribution < -0.4 is 10.6 Å². The zero-order chi connectivity index (χ0) is 19.4. The SMILES string of the molecule is CC(C)C(NC(=O)Nc1cc(C(=O)N2CCCC2)ccc1Cl)c1cccs1. The van der Waals surface area contributed by atoms with Crippen LogP contribution in [0, 0.1) is 5.92 Å². The number of carbonyl (C=O) groups is 2. The Balaban J connectivity index is 1.71. The number of halogens is 1. The van der Waals surface area contributed by atoms with E-state index in [2.05, 4.69) is 24.5 Å². The smallest absolute Gasteiger partial charge is 0.319 e. The largest absolute Gasteiger partial charge is 0.339 e. The van der Waals surface area contributed by atoms with Gasteiger partial charge in [-0.1, -0.05) is 31.5 Å². The molecule has 144 valence electrons. The fourth-order valence-corrected chi connectivity index (χ4v) is 4.30. The first kappa shape index (κ1) is 19.7. The summed E-state index contributed by atoms with van der Waals surface area (Å²) in [4.78, 5) is 28.0. The maximum Gasteiger partial charge on any atom is 0.319 e. The monoisotopic (exact) mass is 405 g/mol. The van der Waals surface area contributed by atoms with Crippen molar-refractivity contribution in [2.45, 2.75) is 32.7 Å². The number of hydrogen-bond donors (Lipinski definition) is 2. The van der Waals surface area contributed by atoms with Crippen molar-refractivity contribution in [1.82, 2.24) is 10.2 Å². The minimum atomic E-state index is -0.338. The third kappa shape index (κ3) is 4.82. The first-order chi connectivity index (χ1) is 13.0. The lowest BCUT2D eigenvalue weighted by Gasteiger charge is -2.22. The topological polar surface area (TPSA) is 61.4 Å². The lowest BCUT2D eigenvalue weighted by Crippen LogP contribution is -2.35. The van der Waals surface area contributed by atoms with Crippen LogP contribution in [0.4, 0.5) is 10.5 Å². The molecule has 0 spiro atoms. The highest BCUT2D eigenvalue weighted by Gasteiger charge is 2.22. The highest BCUT2D eigenvalue weighted by Crippen LogP contribution is 2.27. The second-order valence-electron chi connectivity index (χ2n) is 7.03. The number of anilines is 1. The number of likely N-dealkylation sites (tertiary alicyclic amines) is 1. The van der Waals surface area contributed by atoms with Crippen LogP contribution in [0.1, 0.15) is 48.0 Å². The van der Waals surface area contributed by atoms with Crippen molar-refractivity contribution in [3.05, 3.63) is 51.2 Å². The number of nitrogens with zero attached hydrogens (tertiary/aromatic N) is 1. The van der Waals surface area contributed by atoms with Crippen molar-refractivity contribution in [3.8, 4) is 0 Å². The van der Waals surface area contributed by atoms with Crippen molar-refractivity contribution >= 4 is 40.6 Å². The number of hydrogen-bond acceptors (Lipinski definition) is 3. The maximum atomic E-state index is 12.6.